The molecule has 4 rings (SSSR count). The zero-order chi connectivity index (χ0) is 21.1. The van der Waals surface area contributed by atoms with Crippen molar-refractivity contribution in [3.8, 4) is 11.5 Å². The fourth-order valence-electron chi connectivity index (χ4n) is 3.60. The molecule has 7 nitrogen and oxygen atoms in total. The summed E-state index contributed by atoms with van der Waals surface area (Å²) in [5, 5.41) is 2.91. The van der Waals surface area contributed by atoms with Crippen LogP contribution in [0.25, 0.3) is 0 Å². The summed E-state index contributed by atoms with van der Waals surface area (Å²) in [7, 11) is 3.07. The Hall–Kier alpha value is -3.74. The van der Waals surface area contributed by atoms with Gasteiger partial charge in [-0.05, 0) is 66.9 Å². The predicted molar refractivity (Wildman–Crippen MR) is 113 cm³/mol. The summed E-state index contributed by atoms with van der Waals surface area (Å²) < 4.78 is 15.7. The summed E-state index contributed by atoms with van der Waals surface area (Å²) in [4.78, 5) is 27.1. The fourth-order valence-corrected chi connectivity index (χ4v) is 3.60. The van der Waals surface area contributed by atoms with Gasteiger partial charge in [0.2, 0.25) is 0 Å². The first-order valence-corrected chi connectivity index (χ1v) is 9.62. The van der Waals surface area contributed by atoms with E-state index in [-0.39, 0.29) is 11.8 Å². The van der Waals surface area contributed by atoms with E-state index in [9.17, 15) is 9.59 Å². The molecule has 0 radical (unpaired) electrons. The number of methoxy groups -OCH3 is 2. The maximum Gasteiger partial charge on any atom is 0.293 e. The number of rotatable bonds is 5. The van der Waals surface area contributed by atoms with E-state index >= 15 is 0 Å². The van der Waals surface area contributed by atoms with E-state index < -0.39 is 0 Å². The third-order valence-electron chi connectivity index (χ3n) is 5.08. The van der Waals surface area contributed by atoms with Gasteiger partial charge in [0, 0.05) is 23.5 Å². The number of hydrogen-bond donors (Lipinski definition) is 1. The third-order valence-corrected chi connectivity index (χ3v) is 5.08. The van der Waals surface area contributed by atoms with Gasteiger partial charge in [0.25, 0.3) is 11.8 Å². The minimum atomic E-state index is -0.254. The Morgan fingerprint density at radius 3 is 2.60 bits per heavy atom. The fraction of sp³-hybridized carbons (Fsp3) is 0.217. The van der Waals surface area contributed by atoms with Crippen LogP contribution in [0.2, 0.25) is 0 Å². The van der Waals surface area contributed by atoms with Crippen LogP contribution in [0, 0.1) is 0 Å². The molecule has 0 saturated carbocycles. The lowest BCUT2D eigenvalue weighted by molar-refractivity contribution is 0.0957. The van der Waals surface area contributed by atoms with E-state index in [0.717, 1.165) is 24.1 Å². The number of nitrogens with one attached hydrogen (secondary N) is 1. The van der Waals surface area contributed by atoms with Crippen molar-refractivity contribution in [2.45, 2.75) is 12.8 Å². The van der Waals surface area contributed by atoms with Gasteiger partial charge in [0.05, 0.1) is 20.5 Å². The van der Waals surface area contributed by atoms with Crippen molar-refractivity contribution in [3.63, 3.8) is 0 Å². The lowest BCUT2D eigenvalue weighted by atomic mass is 10.0. The van der Waals surface area contributed by atoms with Gasteiger partial charge in [-0.15, -0.1) is 0 Å². The van der Waals surface area contributed by atoms with Gasteiger partial charge >= 0.3 is 0 Å². The number of anilines is 2. The number of amides is 2. The van der Waals surface area contributed by atoms with Gasteiger partial charge < -0.3 is 24.1 Å². The predicted octanol–water partition coefficient (Wildman–Crippen LogP) is 4.14. The van der Waals surface area contributed by atoms with Gasteiger partial charge in [-0.25, -0.2) is 0 Å². The van der Waals surface area contributed by atoms with Crippen LogP contribution >= 0.6 is 0 Å². The second-order valence-electron chi connectivity index (χ2n) is 6.91. The number of furan rings is 1. The van der Waals surface area contributed by atoms with Crippen molar-refractivity contribution in [1.82, 2.24) is 0 Å². The number of carbonyl (C=O) groups is 2. The first-order chi connectivity index (χ1) is 14.6. The van der Waals surface area contributed by atoms with E-state index in [1.54, 1.807) is 48.4 Å². The van der Waals surface area contributed by atoms with Crippen LogP contribution in [0.4, 0.5) is 11.4 Å². The second kappa shape index (κ2) is 8.32. The number of carbonyl (C=O) groups excluding carboxylic acids is 2. The highest BCUT2D eigenvalue weighted by Crippen LogP contribution is 2.32. The van der Waals surface area contributed by atoms with E-state index in [4.69, 9.17) is 13.9 Å². The molecule has 0 unspecified atom stereocenters. The lowest BCUT2D eigenvalue weighted by Gasteiger charge is -2.29. The van der Waals surface area contributed by atoms with Crippen molar-refractivity contribution in [1.29, 1.82) is 0 Å². The Morgan fingerprint density at radius 1 is 1.03 bits per heavy atom. The van der Waals surface area contributed by atoms with Crippen LogP contribution in [-0.2, 0) is 6.42 Å². The number of benzene rings is 2. The Bertz CT molecular complexity index is 1080. The molecule has 0 atom stereocenters. The number of hydrogen-bond acceptors (Lipinski definition) is 5. The SMILES string of the molecule is COc1ccc(C(=O)Nc2ccc3c(c2)CCCN3C(=O)c2ccco2)cc1OC. The number of aryl methyl sites for hydroxylation is 1. The van der Waals surface area contributed by atoms with Gasteiger partial charge in [0.1, 0.15) is 0 Å². The molecule has 2 heterocycles. The minimum Gasteiger partial charge on any atom is -0.493 e. The van der Waals surface area contributed by atoms with Crippen LogP contribution in [0.15, 0.2) is 59.2 Å². The zero-order valence-electron chi connectivity index (χ0n) is 16.8. The minimum absolute atomic E-state index is 0.164. The molecule has 0 fully saturated rings. The van der Waals surface area contributed by atoms with Crippen molar-refractivity contribution < 1.29 is 23.5 Å². The Kier molecular flexibility index (Phi) is 5.43. The Labute approximate surface area is 174 Å². The summed E-state index contributed by atoms with van der Waals surface area (Å²) in [5.74, 6) is 0.943. The molecule has 1 aliphatic heterocycles. The molecular weight excluding hydrogens is 384 g/mol. The molecule has 3 aromatic rings. The van der Waals surface area contributed by atoms with E-state index in [1.165, 1.54) is 13.4 Å². The standard InChI is InChI=1S/C23H22N2O5/c1-28-19-10-7-16(14-21(19)29-2)22(26)24-17-8-9-18-15(13-17)5-3-11-25(18)23(27)20-6-4-12-30-20/h4,6-10,12-14H,3,5,11H2,1-2H3,(H,24,26). The normalized spacial score (nSPS) is 12.8. The maximum absolute atomic E-state index is 12.7. The maximum atomic E-state index is 12.7. The number of nitrogens with zero attached hydrogens (tertiary/aromatic N) is 1. The smallest absolute Gasteiger partial charge is 0.293 e. The zero-order valence-corrected chi connectivity index (χ0v) is 16.8. The van der Waals surface area contributed by atoms with Gasteiger partial charge in [-0.2, -0.15) is 0 Å². The molecule has 2 amide bonds. The van der Waals surface area contributed by atoms with Gasteiger partial charge in [-0.1, -0.05) is 0 Å². The molecule has 1 aliphatic rings. The van der Waals surface area contributed by atoms with Crippen LogP contribution in [0.1, 0.15) is 32.9 Å². The lowest BCUT2D eigenvalue weighted by Crippen LogP contribution is -2.35. The van der Waals surface area contributed by atoms with Crippen molar-refractivity contribution in [3.05, 3.63) is 71.7 Å². The van der Waals surface area contributed by atoms with Crippen LogP contribution in [0.3, 0.4) is 0 Å². The molecule has 1 aromatic heterocycles. The molecule has 0 bridgehead atoms. The molecule has 154 valence electrons. The summed E-state index contributed by atoms with van der Waals surface area (Å²) in [6.45, 7) is 0.629. The first-order valence-electron chi connectivity index (χ1n) is 9.62. The molecule has 2 aromatic carbocycles. The number of fused-ring (bicyclic) bond motifs is 1. The van der Waals surface area contributed by atoms with Crippen molar-refractivity contribution >= 4 is 23.2 Å². The number of ether oxygens (including phenoxy) is 2. The highest BCUT2D eigenvalue weighted by Gasteiger charge is 2.25. The van der Waals surface area contributed by atoms with Crippen LogP contribution in [-0.4, -0.2) is 32.6 Å². The van der Waals surface area contributed by atoms with Crippen molar-refractivity contribution in [2.75, 3.05) is 31.0 Å². The summed E-state index contributed by atoms with van der Waals surface area (Å²) in [5.41, 5.74) is 2.97. The van der Waals surface area contributed by atoms with Gasteiger partial charge in [-0.3, -0.25) is 9.59 Å². The topological polar surface area (TPSA) is 81.0 Å². The second-order valence-corrected chi connectivity index (χ2v) is 6.91. The monoisotopic (exact) mass is 406 g/mol. The highest BCUT2D eigenvalue weighted by molar-refractivity contribution is 6.06. The molecule has 30 heavy (non-hydrogen) atoms. The third kappa shape index (κ3) is 3.74. The average Bonchev–Trinajstić information content (AvgIpc) is 3.32. The molecule has 0 saturated heterocycles. The van der Waals surface area contributed by atoms with E-state index in [0.29, 0.717) is 35.1 Å². The summed E-state index contributed by atoms with van der Waals surface area (Å²) in [6.07, 6.45) is 3.16. The van der Waals surface area contributed by atoms with E-state index in [1.807, 2.05) is 12.1 Å². The quantitative estimate of drug-likeness (QED) is 0.689. The molecule has 1 N–H and O–H groups in total. The first kappa shape index (κ1) is 19.6. The summed E-state index contributed by atoms with van der Waals surface area (Å²) in [6, 6.07) is 13.9. The van der Waals surface area contributed by atoms with Crippen LogP contribution in [0.5, 0.6) is 11.5 Å². The largest absolute Gasteiger partial charge is 0.493 e. The Balaban J connectivity index is 1.54. The average molecular weight is 406 g/mol. The molecule has 7 heteroatoms. The Morgan fingerprint density at radius 2 is 1.87 bits per heavy atom. The molecular formula is C23H22N2O5. The highest BCUT2D eigenvalue weighted by atomic mass is 16.5. The van der Waals surface area contributed by atoms with Gasteiger partial charge in [0.15, 0.2) is 17.3 Å². The van der Waals surface area contributed by atoms with Crippen LogP contribution < -0.4 is 19.7 Å². The molecule has 0 aliphatic carbocycles. The molecule has 0 spiro atoms. The van der Waals surface area contributed by atoms with E-state index in [2.05, 4.69) is 5.32 Å². The summed E-state index contributed by atoms with van der Waals surface area (Å²) >= 11 is 0. The van der Waals surface area contributed by atoms with Crippen molar-refractivity contribution in [2.24, 2.45) is 0 Å².